The SMILES string of the molecule is CCCN1CCC(NC(=NC)NCCCCN2CCOCC2)CC1. The third-order valence-electron chi connectivity index (χ3n) is 4.99. The first kappa shape index (κ1) is 19.5. The molecule has 24 heavy (non-hydrogen) atoms. The minimum absolute atomic E-state index is 0.567. The lowest BCUT2D eigenvalue weighted by molar-refractivity contribution is 0.0372. The van der Waals surface area contributed by atoms with Crippen molar-refractivity contribution in [2.75, 3.05) is 66.1 Å². The smallest absolute Gasteiger partial charge is 0.191 e. The lowest BCUT2D eigenvalue weighted by Gasteiger charge is -2.32. The van der Waals surface area contributed by atoms with Gasteiger partial charge in [0.25, 0.3) is 0 Å². The number of guanidine groups is 1. The van der Waals surface area contributed by atoms with Crippen molar-refractivity contribution >= 4 is 5.96 Å². The summed E-state index contributed by atoms with van der Waals surface area (Å²) in [5.74, 6) is 0.968. The summed E-state index contributed by atoms with van der Waals surface area (Å²) in [7, 11) is 1.87. The Labute approximate surface area is 148 Å². The Bertz CT molecular complexity index is 349. The van der Waals surface area contributed by atoms with Gasteiger partial charge in [-0.15, -0.1) is 0 Å². The minimum Gasteiger partial charge on any atom is -0.379 e. The monoisotopic (exact) mass is 339 g/mol. The quantitative estimate of drug-likeness (QED) is 0.395. The highest BCUT2D eigenvalue weighted by Crippen LogP contribution is 2.10. The molecule has 2 aliphatic rings. The van der Waals surface area contributed by atoms with E-state index in [4.69, 9.17) is 4.74 Å². The van der Waals surface area contributed by atoms with E-state index in [9.17, 15) is 0 Å². The van der Waals surface area contributed by atoms with Crippen LogP contribution < -0.4 is 10.6 Å². The van der Waals surface area contributed by atoms with E-state index < -0.39 is 0 Å². The number of morpholine rings is 1. The third kappa shape index (κ3) is 7.36. The van der Waals surface area contributed by atoms with Crippen molar-refractivity contribution in [1.82, 2.24) is 20.4 Å². The van der Waals surface area contributed by atoms with Crippen LogP contribution in [0.3, 0.4) is 0 Å². The predicted octanol–water partition coefficient (Wildman–Crippen LogP) is 1.14. The average Bonchev–Trinajstić information content (AvgIpc) is 2.63. The van der Waals surface area contributed by atoms with E-state index in [2.05, 4.69) is 32.3 Å². The van der Waals surface area contributed by atoms with Crippen molar-refractivity contribution < 1.29 is 4.74 Å². The zero-order valence-corrected chi connectivity index (χ0v) is 15.7. The Hall–Kier alpha value is -0.850. The second-order valence-corrected chi connectivity index (χ2v) is 6.92. The van der Waals surface area contributed by atoms with Gasteiger partial charge in [-0.2, -0.15) is 0 Å². The number of rotatable bonds is 8. The van der Waals surface area contributed by atoms with Gasteiger partial charge < -0.3 is 20.3 Å². The van der Waals surface area contributed by atoms with Gasteiger partial charge >= 0.3 is 0 Å². The largest absolute Gasteiger partial charge is 0.379 e. The standard InChI is InChI=1S/C18H37N5O/c1-3-9-22-11-6-17(7-12-22)21-18(19-2)20-8-4-5-10-23-13-15-24-16-14-23/h17H,3-16H2,1-2H3,(H2,19,20,21). The van der Waals surface area contributed by atoms with Crippen LogP contribution in [0.25, 0.3) is 0 Å². The van der Waals surface area contributed by atoms with Crippen LogP contribution in [0.1, 0.15) is 39.0 Å². The number of aliphatic imine (C=N–C) groups is 1. The first-order valence-electron chi connectivity index (χ1n) is 9.81. The molecule has 2 saturated heterocycles. The molecule has 2 heterocycles. The van der Waals surface area contributed by atoms with Gasteiger partial charge in [-0.1, -0.05) is 6.92 Å². The zero-order chi connectivity index (χ0) is 17.0. The van der Waals surface area contributed by atoms with Gasteiger partial charge in [-0.3, -0.25) is 9.89 Å². The number of likely N-dealkylation sites (tertiary alicyclic amines) is 1. The van der Waals surface area contributed by atoms with E-state index in [1.54, 1.807) is 0 Å². The molecule has 2 aliphatic heterocycles. The molecular weight excluding hydrogens is 302 g/mol. The van der Waals surface area contributed by atoms with Crippen molar-refractivity contribution in [3.63, 3.8) is 0 Å². The summed E-state index contributed by atoms with van der Waals surface area (Å²) in [5.41, 5.74) is 0. The summed E-state index contributed by atoms with van der Waals surface area (Å²) in [5, 5.41) is 7.07. The Morgan fingerprint density at radius 2 is 1.75 bits per heavy atom. The summed E-state index contributed by atoms with van der Waals surface area (Å²) in [6, 6.07) is 0.567. The molecular formula is C18H37N5O. The molecule has 0 aromatic carbocycles. The van der Waals surface area contributed by atoms with E-state index in [-0.39, 0.29) is 0 Å². The zero-order valence-electron chi connectivity index (χ0n) is 15.7. The molecule has 6 nitrogen and oxygen atoms in total. The number of unbranched alkanes of at least 4 members (excludes halogenated alkanes) is 1. The molecule has 0 amide bonds. The second-order valence-electron chi connectivity index (χ2n) is 6.92. The molecule has 0 aromatic heterocycles. The van der Waals surface area contributed by atoms with E-state index in [0.717, 1.165) is 38.8 Å². The van der Waals surface area contributed by atoms with Crippen LogP contribution in [0, 0.1) is 0 Å². The molecule has 0 spiro atoms. The van der Waals surface area contributed by atoms with Crippen molar-refractivity contribution in [1.29, 1.82) is 0 Å². The Kier molecular flexibility index (Phi) is 9.46. The number of nitrogens with one attached hydrogen (secondary N) is 2. The molecule has 0 radical (unpaired) electrons. The van der Waals surface area contributed by atoms with Crippen LogP contribution in [0.5, 0.6) is 0 Å². The predicted molar refractivity (Wildman–Crippen MR) is 101 cm³/mol. The first-order valence-corrected chi connectivity index (χ1v) is 9.81. The highest BCUT2D eigenvalue weighted by Gasteiger charge is 2.19. The van der Waals surface area contributed by atoms with Gasteiger partial charge in [0.05, 0.1) is 13.2 Å². The molecule has 140 valence electrons. The lowest BCUT2D eigenvalue weighted by atomic mass is 10.1. The topological polar surface area (TPSA) is 52.1 Å². The van der Waals surface area contributed by atoms with Crippen LogP contribution in [-0.2, 0) is 4.74 Å². The van der Waals surface area contributed by atoms with E-state index in [1.165, 1.54) is 58.3 Å². The highest BCUT2D eigenvalue weighted by atomic mass is 16.5. The molecule has 0 bridgehead atoms. The average molecular weight is 340 g/mol. The fourth-order valence-corrected chi connectivity index (χ4v) is 3.50. The summed E-state index contributed by atoms with van der Waals surface area (Å²) in [4.78, 5) is 9.45. The van der Waals surface area contributed by atoms with E-state index in [0.29, 0.717) is 6.04 Å². The molecule has 2 fully saturated rings. The fourth-order valence-electron chi connectivity index (χ4n) is 3.50. The van der Waals surface area contributed by atoms with Crippen molar-refractivity contribution in [3.8, 4) is 0 Å². The third-order valence-corrected chi connectivity index (χ3v) is 4.99. The van der Waals surface area contributed by atoms with Crippen LogP contribution in [0.2, 0.25) is 0 Å². The molecule has 0 unspecified atom stereocenters. The Morgan fingerprint density at radius 3 is 2.42 bits per heavy atom. The van der Waals surface area contributed by atoms with Crippen LogP contribution in [0.4, 0.5) is 0 Å². The molecule has 0 atom stereocenters. The van der Waals surface area contributed by atoms with Gasteiger partial charge in [0.1, 0.15) is 0 Å². The first-order chi connectivity index (χ1) is 11.8. The molecule has 6 heteroatoms. The number of ether oxygens (including phenoxy) is 1. The molecule has 2 N–H and O–H groups in total. The lowest BCUT2D eigenvalue weighted by Crippen LogP contribution is -2.48. The fraction of sp³-hybridized carbons (Fsp3) is 0.944. The number of hydrogen-bond acceptors (Lipinski definition) is 4. The van der Waals surface area contributed by atoms with Gasteiger partial charge in [0.2, 0.25) is 0 Å². The highest BCUT2D eigenvalue weighted by molar-refractivity contribution is 5.79. The number of piperidine rings is 1. The van der Waals surface area contributed by atoms with Crippen LogP contribution in [0.15, 0.2) is 4.99 Å². The minimum atomic E-state index is 0.567. The van der Waals surface area contributed by atoms with Crippen molar-refractivity contribution in [2.45, 2.75) is 45.1 Å². The maximum absolute atomic E-state index is 5.38. The van der Waals surface area contributed by atoms with Crippen LogP contribution in [-0.4, -0.2) is 87.9 Å². The summed E-state index contributed by atoms with van der Waals surface area (Å²) >= 11 is 0. The molecule has 2 rings (SSSR count). The Balaban J connectivity index is 1.52. The van der Waals surface area contributed by atoms with Gasteiger partial charge in [-0.25, -0.2) is 0 Å². The van der Waals surface area contributed by atoms with Crippen molar-refractivity contribution in [2.24, 2.45) is 4.99 Å². The summed E-state index contributed by atoms with van der Waals surface area (Å²) in [6.07, 6.45) is 6.12. The van der Waals surface area contributed by atoms with Crippen molar-refractivity contribution in [3.05, 3.63) is 0 Å². The van der Waals surface area contributed by atoms with Gasteiger partial charge in [0.15, 0.2) is 5.96 Å². The molecule has 0 aromatic rings. The Morgan fingerprint density at radius 1 is 1.04 bits per heavy atom. The number of hydrogen-bond donors (Lipinski definition) is 2. The van der Waals surface area contributed by atoms with Crippen LogP contribution >= 0.6 is 0 Å². The maximum Gasteiger partial charge on any atom is 0.191 e. The van der Waals surface area contributed by atoms with Gasteiger partial charge in [-0.05, 0) is 45.2 Å². The normalized spacial score (nSPS) is 21.8. The maximum atomic E-state index is 5.38. The van der Waals surface area contributed by atoms with E-state index >= 15 is 0 Å². The van der Waals surface area contributed by atoms with E-state index in [1.807, 2.05) is 7.05 Å². The second kappa shape index (κ2) is 11.7. The number of nitrogens with zero attached hydrogens (tertiary/aromatic N) is 3. The molecule has 0 saturated carbocycles. The summed E-state index contributed by atoms with van der Waals surface area (Å²) in [6.45, 7) is 12.1. The van der Waals surface area contributed by atoms with Gasteiger partial charge in [0, 0.05) is 45.8 Å². The molecule has 0 aliphatic carbocycles. The summed E-state index contributed by atoms with van der Waals surface area (Å²) < 4.78 is 5.38.